The second kappa shape index (κ2) is 11.6. The van der Waals surface area contributed by atoms with Crippen molar-refractivity contribution in [3.63, 3.8) is 0 Å². The number of benzene rings is 2. The zero-order valence-electron chi connectivity index (χ0n) is 18.7. The molecule has 0 bridgehead atoms. The molecule has 0 saturated carbocycles. The fourth-order valence-corrected chi connectivity index (χ4v) is 3.80. The predicted molar refractivity (Wildman–Crippen MR) is 125 cm³/mol. The van der Waals surface area contributed by atoms with Crippen LogP contribution in [0.4, 0.5) is 5.69 Å². The van der Waals surface area contributed by atoms with Crippen LogP contribution in [0.15, 0.2) is 54.6 Å². The molecule has 1 heterocycles. The predicted octanol–water partition coefficient (Wildman–Crippen LogP) is 2.99. The van der Waals surface area contributed by atoms with E-state index in [9.17, 15) is 9.59 Å². The highest BCUT2D eigenvalue weighted by atomic mass is 16.2. The van der Waals surface area contributed by atoms with E-state index in [-0.39, 0.29) is 11.8 Å². The van der Waals surface area contributed by atoms with Gasteiger partial charge in [0.1, 0.15) is 0 Å². The van der Waals surface area contributed by atoms with E-state index in [0.29, 0.717) is 19.6 Å². The van der Waals surface area contributed by atoms with Gasteiger partial charge in [0.25, 0.3) is 0 Å². The maximum absolute atomic E-state index is 12.9. The van der Waals surface area contributed by atoms with E-state index in [4.69, 9.17) is 0 Å². The van der Waals surface area contributed by atoms with Gasteiger partial charge < -0.3 is 10.2 Å². The standard InChI is InChI=1S/C25H34N4O2/c1-3-13-29(18-22-11-9-21(2)10-12-22)25(31)20-28-16-14-27(15-17-28)19-24(30)26-23-7-5-4-6-8-23/h4-12H,3,13-20H2,1-2H3,(H,26,30). The van der Waals surface area contributed by atoms with Crippen molar-refractivity contribution in [1.29, 1.82) is 0 Å². The number of aryl methyl sites for hydroxylation is 1. The van der Waals surface area contributed by atoms with Gasteiger partial charge in [0.15, 0.2) is 0 Å². The van der Waals surface area contributed by atoms with Crippen LogP contribution in [0.3, 0.4) is 0 Å². The molecule has 6 heteroatoms. The molecule has 2 aromatic carbocycles. The van der Waals surface area contributed by atoms with Crippen LogP contribution >= 0.6 is 0 Å². The van der Waals surface area contributed by atoms with Crippen molar-refractivity contribution in [3.05, 3.63) is 65.7 Å². The summed E-state index contributed by atoms with van der Waals surface area (Å²) in [5, 5.41) is 2.93. The molecule has 166 valence electrons. The summed E-state index contributed by atoms with van der Waals surface area (Å²) in [6.45, 7) is 9.62. The van der Waals surface area contributed by atoms with E-state index in [1.165, 1.54) is 11.1 Å². The summed E-state index contributed by atoms with van der Waals surface area (Å²) in [7, 11) is 0. The third kappa shape index (κ3) is 7.49. The number of piperazine rings is 1. The first kappa shape index (κ1) is 23.0. The number of hydrogen-bond acceptors (Lipinski definition) is 4. The maximum Gasteiger partial charge on any atom is 0.238 e. The van der Waals surface area contributed by atoms with Gasteiger partial charge >= 0.3 is 0 Å². The average Bonchev–Trinajstić information content (AvgIpc) is 2.77. The molecule has 3 rings (SSSR count). The Morgan fingerprint density at radius 3 is 2.13 bits per heavy atom. The summed E-state index contributed by atoms with van der Waals surface area (Å²) < 4.78 is 0. The molecule has 2 amide bonds. The Bertz CT molecular complexity index is 830. The number of nitrogens with one attached hydrogen (secondary N) is 1. The summed E-state index contributed by atoms with van der Waals surface area (Å²) in [5.41, 5.74) is 3.22. The van der Waals surface area contributed by atoms with Crippen LogP contribution in [0.2, 0.25) is 0 Å². The molecule has 0 aliphatic carbocycles. The average molecular weight is 423 g/mol. The quantitative estimate of drug-likeness (QED) is 0.675. The van der Waals surface area contributed by atoms with Gasteiger partial charge in [-0.05, 0) is 31.0 Å². The molecule has 1 fully saturated rings. The first-order valence-corrected chi connectivity index (χ1v) is 11.2. The lowest BCUT2D eigenvalue weighted by molar-refractivity contribution is -0.133. The summed E-state index contributed by atoms with van der Waals surface area (Å²) in [5.74, 6) is 0.181. The molecule has 0 spiro atoms. The highest BCUT2D eigenvalue weighted by Gasteiger charge is 2.23. The summed E-state index contributed by atoms with van der Waals surface area (Å²) in [6.07, 6.45) is 0.946. The van der Waals surface area contributed by atoms with Crippen LogP contribution in [0.1, 0.15) is 24.5 Å². The zero-order chi connectivity index (χ0) is 22.1. The first-order chi connectivity index (χ1) is 15.0. The Balaban J connectivity index is 1.43. The number of hydrogen-bond donors (Lipinski definition) is 1. The topological polar surface area (TPSA) is 55.9 Å². The Morgan fingerprint density at radius 2 is 1.52 bits per heavy atom. The van der Waals surface area contributed by atoms with E-state index >= 15 is 0 Å². The van der Waals surface area contributed by atoms with Crippen molar-refractivity contribution in [2.75, 3.05) is 51.1 Å². The largest absolute Gasteiger partial charge is 0.337 e. The van der Waals surface area contributed by atoms with Crippen LogP contribution in [0.5, 0.6) is 0 Å². The Morgan fingerprint density at radius 1 is 0.903 bits per heavy atom. The number of rotatable bonds is 9. The van der Waals surface area contributed by atoms with E-state index in [0.717, 1.165) is 44.8 Å². The molecule has 0 aromatic heterocycles. The monoisotopic (exact) mass is 422 g/mol. The van der Waals surface area contributed by atoms with Crippen molar-refractivity contribution in [3.8, 4) is 0 Å². The SMILES string of the molecule is CCCN(Cc1ccc(C)cc1)C(=O)CN1CCN(CC(=O)Nc2ccccc2)CC1. The minimum atomic E-state index is 0.00273. The fourth-order valence-electron chi connectivity index (χ4n) is 3.80. The van der Waals surface area contributed by atoms with Crippen LogP contribution in [0, 0.1) is 6.92 Å². The molecule has 0 unspecified atom stereocenters. The molecular weight excluding hydrogens is 388 g/mol. The van der Waals surface area contributed by atoms with Crippen LogP contribution in [-0.4, -0.2) is 72.3 Å². The second-order valence-corrected chi connectivity index (χ2v) is 8.27. The van der Waals surface area contributed by atoms with E-state index in [2.05, 4.69) is 53.2 Å². The minimum absolute atomic E-state index is 0.00273. The molecule has 2 aromatic rings. The van der Waals surface area contributed by atoms with Crippen LogP contribution in [-0.2, 0) is 16.1 Å². The molecule has 1 saturated heterocycles. The third-order valence-corrected chi connectivity index (χ3v) is 5.59. The van der Waals surface area contributed by atoms with Gasteiger partial charge in [-0.3, -0.25) is 19.4 Å². The number of para-hydroxylation sites is 1. The molecule has 6 nitrogen and oxygen atoms in total. The van der Waals surface area contributed by atoms with Crippen molar-refractivity contribution in [1.82, 2.24) is 14.7 Å². The van der Waals surface area contributed by atoms with Gasteiger partial charge in [-0.15, -0.1) is 0 Å². The van der Waals surface area contributed by atoms with Gasteiger partial charge in [0, 0.05) is 45.0 Å². The summed E-state index contributed by atoms with van der Waals surface area (Å²) in [4.78, 5) is 31.5. The summed E-state index contributed by atoms with van der Waals surface area (Å²) >= 11 is 0. The fraction of sp³-hybridized carbons (Fsp3) is 0.440. The van der Waals surface area contributed by atoms with Crippen LogP contribution < -0.4 is 5.32 Å². The Hall–Kier alpha value is -2.70. The first-order valence-electron chi connectivity index (χ1n) is 11.2. The third-order valence-electron chi connectivity index (χ3n) is 5.59. The van der Waals surface area contributed by atoms with Gasteiger partial charge in [-0.25, -0.2) is 0 Å². The number of carbonyl (C=O) groups is 2. The van der Waals surface area contributed by atoms with Gasteiger partial charge in [0.2, 0.25) is 11.8 Å². The second-order valence-electron chi connectivity index (χ2n) is 8.27. The molecule has 0 radical (unpaired) electrons. The number of amides is 2. The molecule has 0 atom stereocenters. The van der Waals surface area contributed by atoms with E-state index in [1.54, 1.807) is 0 Å². The Labute approximate surface area is 185 Å². The summed E-state index contributed by atoms with van der Waals surface area (Å²) in [6, 6.07) is 17.9. The molecular formula is C25H34N4O2. The number of carbonyl (C=O) groups excluding carboxylic acids is 2. The van der Waals surface area contributed by atoms with E-state index < -0.39 is 0 Å². The lowest BCUT2D eigenvalue weighted by Crippen LogP contribution is -2.51. The minimum Gasteiger partial charge on any atom is -0.337 e. The smallest absolute Gasteiger partial charge is 0.238 e. The highest BCUT2D eigenvalue weighted by molar-refractivity contribution is 5.92. The van der Waals surface area contributed by atoms with Crippen LogP contribution in [0.25, 0.3) is 0 Å². The normalized spacial score (nSPS) is 14.9. The number of nitrogens with zero attached hydrogens (tertiary/aromatic N) is 3. The Kier molecular flexibility index (Phi) is 8.62. The van der Waals surface area contributed by atoms with Gasteiger partial charge in [-0.1, -0.05) is 55.0 Å². The van der Waals surface area contributed by atoms with Gasteiger partial charge in [0.05, 0.1) is 13.1 Å². The van der Waals surface area contributed by atoms with Gasteiger partial charge in [-0.2, -0.15) is 0 Å². The molecule has 1 aliphatic rings. The van der Waals surface area contributed by atoms with E-state index in [1.807, 2.05) is 35.2 Å². The number of anilines is 1. The van der Waals surface area contributed by atoms with Crippen molar-refractivity contribution in [2.24, 2.45) is 0 Å². The zero-order valence-corrected chi connectivity index (χ0v) is 18.7. The molecule has 1 N–H and O–H groups in total. The van der Waals surface area contributed by atoms with Crippen molar-refractivity contribution in [2.45, 2.75) is 26.8 Å². The highest BCUT2D eigenvalue weighted by Crippen LogP contribution is 2.10. The van der Waals surface area contributed by atoms with Crippen molar-refractivity contribution >= 4 is 17.5 Å². The molecule has 1 aliphatic heterocycles. The molecule has 31 heavy (non-hydrogen) atoms. The maximum atomic E-state index is 12.9. The lowest BCUT2D eigenvalue weighted by atomic mass is 10.1. The van der Waals surface area contributed by atoms with Crippen molar-refractivity contribution < 1.29 is 9.59 Å². The lowest BCUT2D eigenvalue weighted by Gasteiger charge is -2.35.